The van der Waals surface area contributed by atoms with Gasteiger partial charge in [-0.25, -0.2) is 4.79 Å². The molecule has 0 atom stereocenters. The van der Waals surface area contributed by atoms with Crippen molar-refractivity contribution in [2.24, 2.45) is 0 Å². The van der Waals surface area contributed by atoms with Crippen LogP contribution in [0.15, 0.2) is 81.4 Å². The minimum Gasteiger partial charge on any atom is -0.487 e. The summed E-state index contributed by atoms with van der Waals surface area (Å²) in [5.74, 6) is -1.20. The number of hydrogen-bond donors (Lipinski definition) is 2. The minimum atomic E-state index is -1.25. The molecule has 5 nitrogen and oxygen atoms in total. The van der Waals surface area contributed by atoms with Gasteiger partial charge in [0.2, 0.25) is 0 Å². The van der Waals surface area contributed by atoms with E-state index in [0.29, 0.717) is 37.5 Å². The number of benzene rings is 3. The molecule has 0 spiro atoms. The van der Waals surface area contributed by atoms with Crippen molar-refractivity contribution in [1.29, 1.82) is 0 Å². The van der Waals surface area contributed by atoms with E-state index in [1.54, 1.807) is 48.5 Å². The highest BCUT2D eigenvalue weighted by molar-refractivity contribution is 9.11. The smallest absolute Gasteiger partial charge is 0.352 e. The summed E-state index contributed by atoms with van der Waals surface area (Å²) in [4.78, 5) is 24.0. The van der Waals surface area contributed by atoms with Crippen molar-refractivity contribution in [2.75, 3.05) is 0 Å². The molecule has 0 radical (unpaired) electrons. The van der Waals surface area contributed by atoms with Gasteiger partial charge in [-0.2, -0.15) is 0 Å². The van der Waals surface area contributed by atoms with Gasteiger partial charge >= 0.3 is 5.97 Å². The Morgan fingerprint density at radius 1 is 1.00 bits per heavy atom. The van der Waals surface area contributed by atoms with Crippen LogP contribution in [0.5, 0.6) is 5.75 Å². The second-order valence-electron chi connectivity index (χ2n) is 6.42. The maximum atomic E-state index is 12.3. The van der Waals surface area contributed by atoms with Gasteiger partial charge in [-0.05, 0) is 85.5 Å². The normalized spacial score (nSPS) is 11.1. The molecule has 0 unspecified atom stereocenters. The summed E-state index contributed by atoms with van der Waals surface area (Å²) in [5, 5.41) is 12.6. The standard InChI is InChI=1S/C23H16Br2ClNO4/c24-18-10-15(11-19(25)21(18)31-13-14-5-4-8-17(26)9-14)12-20(23(29)30)27-22(28)16-6-2-1-3-7-16/h1-12H,13H2,(H,27,28)(H,29,30)/b20-12+. The van der Waals surface area contributed by atoms with Gasteiger partial charge in [0.05, 0.1) is 8.95 Å². The SMILES string of the molecule is O=C(O)/C(=C\c1cc(Br)c(OCc2cccc(Cl)c2)c(Br)c1)NC(=O)c1ccccc1. The molecule has 0 fully saturated rings. The molecule has 1 amide bonds. The third kappa shape index (κ3) is 6.43. The zero-order valence-electron chi connectivity index (χ0n) is 15.9. The van der Waals surface area contributed by atoms with Crippen molar-refractivity contribution >= 4 is 61.4 Å². The zero-order chi connectivity index (χ0) is 22.4. The van der Waals surface area contributed by atoms with Gasteiger partial charge in [-0.3, -0.25) is 4.79 Å². The van der Waals surface area contributed by atoms with Crippen molar-refractivity contribution in [1.82, 2.24) is 5.32 Å². The summed E-state index contributed by atoms with van der Waals surface area (Å²) < 4.78 is 7.12. The summed E-state index contributed by atoms with van der Waals surface area (Å²) in [7, 11) is 0. The topological polar surface area (TPSA) is 75.6 Å². The Morgan fingerprint density at radius 2 is 1.68 bits per heavy atom. The average Bonchev–Trinajstić information content (AvgIpc) is 2.73. The highest BCUT2D eigenvalue weighted by atomic mass is 79.9. The van der Waals surface area contributed by atoms with Crippen LogP contribution in [0.2, 0.25) is 5.02 Å². The number of halogens is 3. The van der Waals surface area contributed by atoms with E-state index in [-0.39, 0.29) is 5.70 Å². The molecular weight excluding hydrogens is 550 g/mol. The Hall–Kier alpha value is -2.61. The van der Waals surface area contributed by atoms with Gasteiger partial charge in [0, 0.05) is 10.6 Å². The first-order valence-corrected chi connectivity index (χ1v) is 11.0. The van der Waals surface area contributed by atoms with Crippen molar-refractivity contribution < 1.29 is 19.4 Å². The van der Waals surface area contributed by atoms with Crippen LogP contribution in [0.25, 0.3) is 6.08 Å². The number of carboxylic acid groups (broad SMARTS) is 1. The molecule has 3 aromatic rings. The molecule has 2 N–H and O–H groups in total. The van der Waals surface area contributed by atoms with Crippen molar-refractivity contribution in [3.63, 3.8) is 0 Å². The molecule has 3 aromatic carbocycles. The fourth-order valence-electron chi connectivity index (χ4n) is 2.68. The molecule has 0 bridgehead atoms. The Bertz CT molecular complexity index is 1130. The number of hydrogen-bond acceptors (Lipinski definition) is 3. The van der Waals surface area contributed by atoms with Gasteiger partial charge in [-0.15, -0.1) is 0 Å². The zero-order valence-corrected chi connectivity index (χ0v) is 19.9. The first-order chi connectivity index (χ1) is 14.8. The molecular formula is C23H16Br2ClNO4. The van der Waals surface area contributed by atoms with Crippen molar-refractivity contribution in [2.45, 2.75) is 6.61 Å². The number of amides is 1. The second kappa shape index (κ2) is 10.6. The van der Waals surface area contributed by atoms with Crippen molar-refractivity contribution in [3.8, 4) is 5.75 Å². The van der Waals surface area contributed by atoms with E-state index in [1.807, 2.05) is 18.2 Å². The van der Waals surface area contributed by atoms with Crippen LogP contribution in [-0.2, 0) is 11.4 Å². The molecule has 8 heteroatoms. The van der Waals surface area contributed by atoms with E-state index >= 15 is 0 Å². The highest BCUT2D eigenvalue weighted by Gasteiger charge is 2.15. The third-order valence-electron chi connectivity index (χ3n) is 4.12. The molecule has 31 heavy (non-hydrogen) atoms. The first kappa shape index (κ1) is 23.1. The summed E-state index contributed by atoms with van der Waals surface area (Å²) in [6, 6.07) is 19.1. The monoisotopic (exact) mass is 563 g/mol. The maximum Gasteiger partial charge on any atom is 0.352 e. The molecule has 158 valence electrons. The average molecular weight is 566 g/mol. The van der Waals surface area contributed by atoms with Gasteiger partial charge < -0.3 is 15.2 Å². The highest BCUT2D eigenvalue weighted by Crippen LogP contribution is 2.36. The Balaban J connectivity index is 1.80. The Morgan fingerprint density at radius 3 is 2.29 bits per heavy atom. The number of carbonyl (C=O) groups is 2. The summed E-state index contributed by atoms with van der Waals surface area (Å²) in [6.07, 6.45) is 1.37. The lowest BCUT2D eigenvalue weighted by Crippen LogP contribution is -2.27. The van der Waals surface area contributed by atoms with Gasteiger partial charge in [0.1, 0.15) is 18.1 Å². The predicted molar refractivity (Wildman–Crippen MR) is 127 cm³/mol. The second-order valence-corrected chi connectivity index (χ2v) is 8.56. The Labute approximate surface area is 200 Å². The van der Waals surface area contributed by atoms with Gasteiger partial charge in [0.25, 0.3) is 5.91 Å². The van der Waals surface area contributed by atoms with Crippen LogP contribution >= 0.6 is 43.5 Å². The van der Waals surface area contributed by atoms with Crippen molar-refractivity contribution in [3.05, 3.63) is 103 Å². The molecule has 0 aliphatic carbocycles. The number of aliphatic carboxylic acids is 1. The number of carbonyl (C=O) groups excluding carboxylic acids is 1. The molecule has 0 aliphatic heterocycles. The van der Waals surface area contributed by atoms with Crippen LogP contribution < -0.4 is 10.1 Å². The van der Waals surface area contributed by atoms with Crippen LogP contribution in [0.4, 0.5) is 0 Å². The van der Waals surface area contributed by atoms with E-state index in [0.717, 1.165) is 5.56 Å². The lowest BCUT2D eigenvalue weighted by atomic mass is 10.1. The molecule has 0 heterocycles. The largest absolute Gasteiger partial charge is 0.487 e. The fourth-order valence-corrected chi connectivity index (χ4v) is 4.35. The van der Waals surface area contributed by atoms with Gasteiger partial charge in [0.15, 0.2) is 0 Å². The first-order valence-electron chi connectivity index (χ1n) is 9.01. The minimum absolute atomic E-state index is 0.250. The lowest BCUT2D eigenvalue weighted by molar-refractivity contribution is -0.132. The number of nitrogens with one attached hydrogen (secondary N) is 1. The number of carboxylic acids is 1. The predicted octanol–water partition coefficient (Wildman–Crippen LogP) is 6.30. The van der Waals surface area contributed by atoms with E-state index in [4.69, 9.17) is 16.3 Å². The van der Waals surface area contributed by atoms with Crippen LogP contribution in [0, 0.1) is 0 Å². The van der Waals surface area contributed by atoms with Gasteiger partial charge in [-0.1, -0.05) is 41.9 Å². The molecule has 0 saturated carbocycles. The lowest BCUT2D eigenvalue weighted by Gasteiger charge is -2.12. The van der Waals surface area contributed by atoms with Crippen LogP contribution in [0.1, 0.15) is 21.5 Å². The molecule has 0 aliphatic rings. The number of rotatable bonds is 7. The summed E-state index contributed by atoms with van der Waals surface area (Å²) >= 11 is 12.9. The number of ether oxygens (including phenoxy) is 1. The maximum absolute atomic E-state index is 12.3. The Kier molecular flexibility index (Phi) is 7.90. The van der Waals surface area contributed by atoms with E-state index in [1.165, 1.54) is 6.08 Å². The third-order valence-corrected chi connectivity index (χ3v) is 5.53. The molecule has 0 aromatic heterocycles. The molecule has 0 saturated heterocycles. The van der Waals surface area contributed by atoms with E-state index in [9.17, 15) is 14.7 Å². The van der Waals surface area contributed by atoms with Crippen LogP contribution in [0.3, 0.4) is 0 Å². The fraction of sp³-hybridized carbons (Fsp3) is 0.0435. The molecule has 3 rings (SSSR count). The van der Waals surface area contributed by atoms with Crippen LogP contribution in [-0.4, -0.2) is 17.0 Å². The van der Waals surface area contributed by atoms with E-state index < -0.39 is 11.9 Å². The quantitative estimate of drug-likeness (QED) is 0.330. The summed E-state index contributed by atoms with van der Waals surface area (Å²) in [6.45, 7) is 0.306. The van der Waals surface area contributed by atoms with E-state index in [2.05, 4.69) is 37.2 Å². The summed E-state index contributed by atoms with van der Waals surface area (Å²) in [5.41, 5.74) is 1.58.